The van der Waals surface area contributed by atoms with E-state index in [1.54, 1.807) is 19.1 Å². The molecule has 0 radical (unpaired) electrons. The average molecular weight is 403 g/mol. The topological polar surface area (TPSA) is 81.4 Å². The highest BCUT2D eigenvalue weighted by Gasteiger charge is 2.24. The molecule has 28 heavy (non-hydrogen) atoms. The third-order valence-corrected chi connectivity index (χ3v) is 4.14. The Morgan fingerprint density at radius 2 is 1.93 bits per heavy atom. The number of aromatic nitrogens is 1. The first kappa shape index (κ1) is 19.6. The maximum Gasteiger partial charge on any atom is 0.361 e. The molecule has 1 atom stereocenters. The van der Waals surface area contributed by atoms with Crippen LogP contribution in [0.1, 0.15) is 23.2 Å². The Labute approximate surface area is 165 Å². The van der Waals surface area contributed by atoms with Gasteiger partial charge in [-0.1, -0.05) is 29.8 Å². The summed E-state index contributed by atoms with van der Waals surface area (Å²) >= 11 is 5.68. The van der Waals surface area contributed by atoms with Crippen LogP contribution in [-0.4, -0.2) is 23.0 Å². The summed E-state index contributed by atoms with van der Waals surface area (Å²) in [5.74, 6) is -1.43. The van der Waals surface area contributed by atoms with Crippen LogP contribution in [0.25, 0.3) is 11.5 Å². The van der Waals surface area contributed by atoms with E-state index in [0.29, 0.717) is 5.56 Å². The van der Waals surface area contributed by atoms with Crippen molar-refractivity contribution in [3.63, 3.8) is 0 Å². The molecule has 0 aliphatic heterocycles. The van der Waals surface area contributed by atoms with E-state index >= 15 is 0 Å². The number of halogens is 2. The molecule has 6 nitrogen and oxygen atoms in total. The minimum Gasteiger partial charge on any atom is -0.448 e. The van der Waals surface area contributed by atoms with Crippen molar-refractivity contribution in [3.05, 3.63) is 70.8 Å². The number of nitrogens with one attached hydrogen (secondary N) is 1. The molecule has 2 aromatic carbocycles. The van der Waals surface area contributed by atoms with Gasteiger partial charge in [0.2, 0.25) is 5.89 Å². The van der Waals surface area contributed by atoms with Crippen LogP contribution in [0, 0.1) is 12.7 Å². The van der Waals surface area contributed by atoms with Crippen molar-refractivity contribution in [2.45, 2.75) is 20.0 Å². The molecule has 1 N–H and O–H groups in total. The number of carbonyl (C=O) groups is 2. The number of esters is 1. The van der Waals surface area contributed by atoms with Gasteiger partial charge in [0.15, 0.2) is 11.8 Å². The van der Waals surface area contributed by atoms with Crippen molar-refractivity contribution in [2.75, 3.05) is 5.32 Å². The quantitative estimate of drug-likeness (QED) is 0.629. The molecule has 0 saturated carbocycles. The number of nitrogens with zero attached hydrogens (tertiary/aromatic N) is 1. The zero-order valence-electron chi connectivity index (χ0n) is 15.0. The first-order valence-electron chi connectivity index (χ1n) is 8.35. The van der Waals surface area contributed by atoms with Crippen LogP contribution in [0.4, 0.5) is 10.1 Å². The van der Waals surface area contributed by atoms with Gasteiger partial charge < -0.3 is 14.5 Å². The van der Waals surface area contributed by atoms with Crippen molar-refractivity contribution in [3.8, 4) is 11.5 Å². The van der Waals surface area contributed by atoms with E-state index < -0.39 is 23.8 Å². The number of hydrogen-bond acceptors (Lipinski definition) is 5. The maximum atomic E-state index is 13.2. The molecule has 0 saturated heterocycles. The van der Waals surface area contributed by atoms with Gasteiger partial charge in [0.25, 0.3) is 5.91 Å². The fourth-order valence-electron chi connectivity index (χ4n) is 2.38. The van der Waals surface area contributed by atoms with Crippen molar-refractivity contribution < 1.29 is 23.1 Å². The van der Waals surface area contributed by atoms with Crippen LogP contribution in [0.5, 0.6) is 0 Å². The van der Waals surface area contributed by atoms with Crippen LogP contribution in [0.15, 0.2) is 52.9 Å². The number of oxazole rings is 1. The predicted octanol–water partition coefficient (Wildman–Crippen LogP) is 4.63. The number of ether oxygens (including phenoxy) is 1. The molecule has 0 bridgehead atoms. The van der Waals surface area contributed by atoms with Gasteiger partial charge >= 0.3 is 5.97 Å². The highest BCUT2D eigenvalue weighted by Crippen LogP contribution is 2.23. The largest absolute Gasteiger partial charge is 0.448 e. The standard InChI is InChI=1S/C20H16ClFN2O4/c1-11-17(24-19(27-11)13-6-4-3-5-7-13)20(26)28-12(2)18(25)23-14-8-9-16(22)15(21)10-14/h3-10,12H,1-2H3,(H,23,25)/t12-/m1/s1. The van der Waals surface area contributed by atoms with Gasteiger partial charge in [0, 0.05) is 11.3 Å². The summed E-state index contributed by atoms with van der Waals surface area (Å²) in [6.07, 6.45) is -1.12. The summed E-state index contributed by atoms with van der Waals surface area (Å²) in [5, 5.41) is 2.37. The number of rotatable bonds is 5. The summed E-state index contributed by atoms with van der Waals surface area (Å²) in [6.45, 7) is 2.99. The maximum absolute atomic E-state index is 13.2. The van der Waals surface area contributed by atoms with E-state index in [9.17, 15) is 14.0 Å². The van der Waals surface area contributed by atoms with E-state index in [1.807, 2.05) is 18.2 Å². The van der Waals surface area contributed by atoms with Gasteiger partial charge in [-0.3, -0.25) is 4.79 Å². The van der Waals surface area contributed by atoms with Crippen molar-refractivity contribution in [2.24, 2.45) is 0 Å². The van der Waals surface area contributed by atoms with Crippen LogP contribution < -0.4 is 5.32 Å². The van der Waals surface area contributed by atoms with Gasteiger partial charge in [-0.25, -0.2) is 14.2 Å². The highest BCUT2D eigenvalue weighted by molar-refractivity contribution is 6.31. The SMILES string of the molecule is Cc1oc(-c2ccccc2)nc1C(=O)O[C@H](C)C(=O)Nc1ccc(F)c(Cl)c1. The van der Waals surface area contributed by atoms with E-state index in [-0.39, 0.29) is 28.1 Å². The number of carbonyl (C=O) groups excluding carboxylic acids is 2. The molecule has 0 aliphatic rings. The average Bonchev–Trinajstić information content (AvgIpc) is 3.07. The Morgan fingerprint density at radius 1 is 1.21 bits per heavy atom. The van der Waals surface area contributed by atoms with E-state index in [1.165, 1.54) is 19.1 Å². The summed E-state index contributed by atoms with van der Waals surface area (Å²) < 4.78 is 23.9. The lowest BCUT2D eigenvalue weighted by Gasteiger charge is -2.13. The highest BCUT2D eigenvalue weighted by atomic mass is 35.5. The lowest BCUT2D eigenvalue weighted by Crippen LogP contribution is -2.30. The first-order chi connectivity index (χ1) is 13.3. The van der Waals surface area contributed by atoms with E-state index in [0.717, 1.165) is 6.07 Å². The summed E-state index contributed by atoms with van der Waals surface area (Å²) in [5.41, 5.74) is 0.982. The van der Waals surface area contributed by atoms with Crippen LogP contribution in [0.3, 0.4) is 0 Å². The normalized spacial score (nSPS) is 11.7. The Hall–Kier alpha value is -3.19. The lowest BCUT2D eigenvalue weighted by atomic mass is 10.2. The number of benzene rings is 2. The summed E-state index contributed by atoms with van der Waals surface area (Å²) in [7, 11) is 0. The number of hydrogen-bond donors (Lipinski definition) is 1. The smallest absolute Gasteiger partial charge is 0.361 e. The number of anilines is 1. The first-order valence-corrected chi connectivity index (χ1v) is 8.72. The monoisotopic (exact) mass is 402 g/mol. The molecule has 0 fully saturated rings. The Morgan fingerprint density at radius 3 is 2.61 bits per heavy atom. The van der Waals surface area contributed by atoms with E-state index in [2.05, 4.69) is 10.3 Å². The minimum absolute atomic E-state index is 0.0108. The third kappa shape index (κ3) is 4.37. The number of aryl methyl sites for hydroxylation is 1. The summed E-state index contributed by atoms with van der Waals surface area (Å²) in [4.78, 5) is 28.8. The third-order valence-electron chi connectivity index (χ3n) is 3.85. The van der Waals surface area contributed by atoms with E-state index in [4.69, 9.17) is 20.8 Å². The molecular weight excluding hydrogens is 387 g/mol. The Bertz CT molecular complexity index is 1020. The molecule has 144 valence electrons. The fraction of sp³-hybridized carbons (Fsp3) is 0.150. The Balaban J connectivity index is 1.67. The second kappa shape index (κ2) is 8.22. The molecule has 1 heterocycles. The van der Waals surface area contributed by atoms with Gasteiger partial charge in [-0.2, -0.15) is 0 Å². The van der Waals surface area contributed by atoms with Crippen LogP contribution >= 0.6 is 11.6 Å². The molecule has 0 aliphatic carbocycles. The van der Waals surface area contributed by atoms with Crippen molar-refractivity contribution in [1.82, 2.24) is 4.98 Å². The van der Waals surface area contributed by atoms with Crippen LogP contribution in [-0.2, 0) is 9.53 Å². The zero-order valence-corrected chi connectivity index (χ0v) is 15.8. The predicted molar refractivity (Wildman–Crippen MR) is 102 cm³/mol. The molecule has 8 heteroatoms. The second-order valence-electron chi connectivity index (χ2n) is 5.96. The Kier molecular flexibility index (Phi) is 5.75. The molecule has 0 unspecified atom stereocenters. The molecule has 3 rings (SSSR count). The molecular formula is C20H16ClFN2O4. The number of amides is 1. The van der Waals surface area contributed by atoms with Crippen LogP contribution in [0.2, 0.25) is 5.02 Å². The minimum atomic E-state index is -1.12. The lowest BCUT2D eigenvalue weighted by molar-refractivity contribution is -0.123. The molecule has 1 amide bonds. The second-order valence-corrected chi connectivity index (χ2v) is 6.36. The molecule has 3 aromatic rings. The van der Waals surface area contributed by atoms with Gasteiger partial charge in [0.1, 0.15) is 11.6 Å². The molecule has 0 spiro atoms. The van der Waals surface area contributed by atoms with Gasteiger partial charge in [-0.05, 0) is 44.2 Å². The van der Waals surface area contributed by atoms with Crippen molar-refractivity contribution in [1.29, 1.82) is 0 Å². The van der Waals surface area contributed by atoms with Crippen molar-refractivity contribution >= 4 is 29.2 Å². The summed E-state index contributed by atoms with van der Waals surface area (Å²) in [6, 6.07) is 12.8. The zero-order chi connectivity index (χ0) is 20.3. The fourth-order valence-corrected chi connectivity index (χ4v) is 2.56. The molecule has 1 aromatic heterocycles. The van der Waals surface area contributed by atoms with Gasteiger partial charge in [-0.15, -0.1) is 0 Å². The van der Waals surface area contributed by atoms with Gasteiger partial charge in [0.05, 0.1) is 5.02 Å².